The van der Waals surface area contributed by atoms with E-state index in [2.05, 4.69) is 10.4 Å². The van der Waals surface area contributed by atoms with Crippen molar-refractivity contribution in [2.24, 2.45) is 7.05 Å². The van der Waals surface area contributed by atoms with E-state index in [0.717, 1.165) is 0 Å². The summed E-state index contributed by atoms with van der Waals surface area (Å²) in [5.41, 5.74) is -0.200. The van der Waals surface area contributed by atoms with Crippen molar-refractivity contribution in [3.63, 3.8) is 0 Å². The molecule has 0 fully saturated rings. The number of nitrogens with zero attached hydrogens (tertiary/aromatic N) is 3. The Labute approximate surface area is 81.5 Å². The molecule has 0 bridgehead atoms. The number of amides is 1. The first kappa shape index (κ1) is 10.5. The molecule has 0 saturated heterocycles. The van der Waals surface area contributed by atoms with Gasteiger partial charge < -0.3 is 5.32 Å². The van der Waals surface area contributed by atoms with Gasteiger partial charge in [-0.25, -0.2) is 9.48 Å². The van der Waals surface area contributed by atoms with E-state index in [1.807, 2.05) is 6.92 Å². The van der Waals surface area contributed by atoms with Crippen LogP contribution in [0.1, 0.15) is 13.3 Å². The summed E-state index contributed by atoms with van der Waals surface area (Å²) in [6.07, 6.45) is 1.71. The lowest BCUT2D eigenvalue weighted by Gasteiger charge is -2.00. The summed E-state index contributed by atoms with van der Waals surface area (Å²) in [5, 5.41) is 6.49. The molecule has 1 aromatic rings. The first-order chi connectivity index (χ1) is 6.65. The number of carbonyl (C=O) groups excluding carboxylic acids is 1. The summed E-state index contributed by atoms with van der Waals surface area (Å²) >= 11 is 0. The normalized spacial score (nSPS) is 10.1. The Balaban J connectivity index is 2.50. The lowest BCUT2D eigenvalue weighted by molar-refractivity contribution is -0.121. The van der Waals surface area contributed by atoms with Crippen LogP contribution in [0, 0.1) is 0 Å². The molecule has 0 aromatic carbocycles. The molecular weight excluding hydrogens is 184 g/mol. The van der Waals surface area contributed by atoms with Crippen LogP contribution in [-0.2, 0) is 18.4 Å². The van der Waals surface area contributed by atoms with Crippen LogP contribution in [0.2, 0.25) is 0 Å². The van der Waals surface area contributed by atoms with E-state index >= 15 is 0 Å². The predicted octanol–water partition coefficient (Wildman–Crippen LogP) is -0.892. The summed E-state index contributed by atoms with van der Waals surface area (Å²) in [5.74, 6) is -0.0648. The zero-order chi connectivity index (χ0) is 10.6. The molecule has 1 amide bonds. The molecule has 14 heavy (non-hydrogen) atoms. The molecule has 0 aliphatic carbocycles. The van der Waals surface area contributed by atoms with Crippen molar-refractivity contribution < 1.29 is 4.79 Å². The molecule has 0 unspecified atom stereocenters. The Morgan fingerprint density at radius 3 is 2.86 bits per heavy atom. The molecule has 0 saturated carbocycles. The van der Waals surface area contributed by atoms with Crippen LogP contribution in [0.5, 0.6) is 0 Å². The summed E-state index contributed by atoms with van der Waals surface area (Å²) in [6, 6.07) is 0. The average molecular weight is 198 g/mol. The molecule has 0 aliphatic heterocycles. The quantitative estimate of drug-likeness (QED) is 0.682. The van der Waals surface area contributed by atoms with Crippen molar-refractivity contribution in [1.82, 2.24) is 19.7 Å². The van der Waals surface area contributed by atoms with Gasteiger partial charge in [0.1, 0.15) is 6.33 Å². The smallest absolute Gasteiger partial charge is 0.345 e. The van der Waals surface area contributed by atoms with Crippen LogP contribution in [0.3, 0.4) is 0 Å². The van der Waals surface area contributed by atoms with Crippen molar-refractivity contribution in [2.75, 3.05) is 6.54 Å². The Kier molecular flexibility index (Phi) is 3.44. The monoisotopic (exact) mass is 198 g/mol. The fourth-order valence-electron chi connectivity index (χ4n) is 1.07. The number of carbonyl (C=O) groups is 1. The van der Waals surface area contributed by atoms with Crippen molar-refractivity contribution in [3.8, 4) is 0 Å². The molecule has 1 N–H and O–H groups in total. The first-order valence-corrected chi connectivity index (χ1v) is 4.50. The number of nitrogens with one attached hydrogen (secondary N) is 1. The molecule has 78 valence electrons. The highest BCUT2D eigenvalue weighted by Gasteiger charge is 2.04. The highest BCUT2D eigenvalue weighted by atomic mass is 16.2. The van der Waals surface area contributed by atoms with Crippen LogP contribution in [0.15, 0.2) is 11.1 Å². The second-order valence-corrected chi connectivity index (χ2v) is 2.95. The predicted molar refractivity (Wildman–Crippen MR) is 50.8 cm³/mol. The average Bonchev–Trinajstić information content (AvgIpc) is 2.46. The van der Waals surface area contributed by atoms with Gasteiger partial charge in [0.15, 0.2) is 0 Å². The highest BCUT2D eigenvalue weighted by Crippen LogP contribution is 1.84. The van der Waals surface area contributed by atoms with Crippen LogP contribution in [0.4, 0.5) is 0 Å². The maximum absolute atomic E-state index is 11.3. The summed E-state index contributed by atoms with van der Waals surface area (Å²) in [7, 11) is 1.62. The number of aromatic nitrogens is 3. The third-order valence-corrected chi connectivity index (χ3v) is 1.81. The van der Waals surface area contributed by atoms with Gasteiger partial charge in [-0.3, -0.25) is 9.36 Å². The molecule has 0 radical (unpaired) electrons. The van der Waals surface area contributed by atoms with Crippen LogP contribution in [-0.4, -0.2) is 26.8 Å². The van der Waals surface area contributed by atoms with Gasteiger partial charge in [0.05, 0.1) is 6.54 Å². The standard InChI is InChI=1S/C8H14N4O2/c1-3-9-7(13)4-5-12-8(14)11(2)6-10-12/h6H,3-5H2,1-2H3,(H,9,13). The minimum atomic E-state index is -0.200. The summed E-state index contributed by atoms with van der Waals surface area (Å²) in [6.45, 7) is 2.78. The summed E-state index contributed by atoms with van der Waals surface area (Å²) in [4.78, 5) is 22.3. The van der Waals surface area contributed by atoms with Gasteiger partial charge in [-0.2, -0.15) is 5.10 Å². The topological polar surface area (TPSA) is 68.9 Å². The Hall–Kier alpha value is -1.59. The maximum atomic E-state index is 11.3. The number of hydrogen-bond donors (Lipinski definition) is 1. The molecule has 0 atom stereocenters. The van der Waals surface area contributed by atoms with Gasteiger partial charge in [0, 0.05) is 20.0 Å². The number of hydrogen-bond acceptors (Lipinski definition) is 3. The molecule has 1 aromatic heterocycles. The van der Waals surface area contributed by atoms with E-state index in [4.69, 9.17) is 0 Å². The van der Waals surface area contributed by atoms with E-state index in [1.165, 1.54) is 15.6 Å². The minimum absolute atomic E-state index is 0.0648. The Morgan fingerprint density at radius 1 is 1.64 bits per heavy atom. The van der Waals surface area contributed by atoms with E-state index in [-0.39, 0.29) is 18.0 Å². The second-order valence-electron chi connectivity index (χ2n) is 2.95. The van der Waals surface area contributed by atoms with E-state index in [1.54, 1.807) is 7.05 Å². The molecule has 6 nitrogen and oxygen atoms in total. The lowest BCUT2D eigenvalue weighted by Crippen LogP contribution is -2.28. The van der Waals surface area contributed by atoms with Crippen LogP contribution < -0.4 is 11.0 Å². The molecule has 0 spiro atoms. The van der Waals surface area contributed by atoms with Crippen LogP contribution in [0.25, 0.3) is 0 Å². The summed E-state index contributed by atoms with van der Waals surface area (Å²) < 4.78 is 2.65. The third-order valence-electron chi connectivity index (χ3n) is 1.81. The van der Waals surface area contributed by atoms with E-state index in [9.17, 15) is 9.59 Å². The fraction of sp³-hybridized carbons (Fsp3) is 0.625. The van der Waals surface area contributed by atoms with Crippen molar-refractivity contribution in [2.45, 2.75) is 19.9 Å². The molecule has 1 rings (SSSR count). The SMILES string of the molecule is CCNC(=O)CCn1ncn(C)c1=O. The van der Waals surface area contributed by atoms with Crippen molar-refractivity contribution in [1.29, 1.82) is 0 Å². The van der Waals surface area contributed by atoms with Crippen molar-refractivity contribution in [3.05, 3.63) is 16.8 Å². The molecular formula is C8H14N4O2. The Bertz CT molecular complexity index is 366. The van der Waals surface area contributed by atoms with E-state index in [0.29, 0.717) is 13.1 Å². The number of aryl methyl sites for hydroxylation is 2. The van der Waals surface area contributed by atoms with Crippen molar-refractivity contribution >= 4 is 5.91 Å². The number of rotatable bonds is 4. The molecule has 1 heterocycles. The maximum Gasteiger partial charge on any atom is 0.345 e. The third kappa shape index (κ3) is 2.45. The Morgan fingerprint density at radius 2 is 2.36 bits per heavy atom. The minimum Gasteiger partial charge on any atom is -0.356 e. The van der Waals surface area contributed by atoms with E-state index < -0.39 is 0 Å². The zero-order valence-corrected chi connectivity index (χ0v) is 8.36. The second kappa shape index (κ2) is 4.59. The molecule has 6 heteroatoms. The van der Waals surface area contributed by atoms with Gasteiger partial charge in [-0.05, 0) is 6.92 Å². The highest BCUT2D eigenvalue weighted by molar-refractivity contribution is 5.75. The first-order valence-electron chi connectivity index (χ1n) is 4.50. The van der Waals surface area contributed by atoms with Gasteiger partial charge in [0.2, 0.25) is 5.91 Å². The van der Waals surface area contributed by atoms with Gasteiger partial charge in [-0.15, -0.1) is 0 Å². The van der Waals surface area contributed by atoms with Gasteiger partial charge in [-0.1, -0.05) is 0 Å². The fourth-order valence-corrected chi connectivity index (χ4v) is 1.07. The molecule has 0 aliphatic rings. The van der Waals surface area contributed by atoms with Gasteiger partial charge in [0.25, 0.3) is 0 Å². The zero-order valence-electron chi connectivity index (χ0n) is 8.36. The largest absolute Gasteiger partial charge is 0.356 e. The van der Waals surface area contributed by atoms with Gasteiger partial charge >= 0.3 is 5.69 Å². The van der Waals surface area contributed by atoms with Crippen LogP contribution >= 0.6 is 0 Å². The lowest BCUT2D eigenvalue weighted by atomic mass is 10.4.